The van der Waals surface area contributed by atoms with Gasteiger partial charge in [0.05, 0.1) is 7.11 Å². The minimum atomic E-state index is 0.839. The van der Waals surface area contributed by atoms with Gasteiger partial charge in [-0.05, 0) is 61.9 Å². The van der Waals surface area contributed by atoms with Crippen LogP contribution in [-0.4, -0.2) is 20.2 Å². The number of hydrogen-bond acceptors (Lipinski definition) is 3. The lowest BCUT2D eigenvalue weighted by Gasteiger charge is -2.20. The molecule has 3 aromatic rings. The molecule has 1 aromatic heterocycles. The Labute approximate surface area is 143 Å². The fourth-order valence-electron chi connectivity index (χ4n) is 2.81. The largest absolute Gasteiger partial charge is 0.497 e. The van der Waals surface area contributed by atoms with Gasteiger partial charge in [0.25, 0.3) is 0 Å². The van der Waals surface area contributed by atoms with Crippen LogP contribution >= 0.6 is 0 Å². The molecule has 0 spiro atoms. The van der Waals surface area contributed by atoms with Crippen LogP contribution in [0.15, 0.2) is 52.9 Å². The Kier molecular flexibility index (Phi) is 4.90. The van der Waals surface area contributed by atoms with Gasteiger partial charge in [-0.25, -0.2) is 0 Å². The van der Waals surface area contributed by atoms with Crippen molar-refractivity contribution in [3.05, 3.63) is 59.9 Å². The van der Waals surface area contributed by atoms with Crippen LogP contribution < -0.4 is 9.64 Å². The summed E-state index contributed by atoms with van der Waals surface area (Å²) in [5.41, 5.74) is 3.28. The van der Waals surface area contributed by atoms with Crippen LogP contribution in [0.5, 0.6) is 5.75 Å². The molecule has 1 heterocycles. The third kappa shape index (κ3) is 3.46. The lowest BCUT2D eigenvalue weighted by molar-refractivity contribution is 0.415. The molecule has 0 N–H and O–H groups in total. The van der Waals surface area contributed by atoms with Gasteiger partial charge in [-0.3, -0.25) is 0 Å². The standard InChI is InChI=1S/C21H23NO2/c1-4-22(5-2)18-9-6-16(7-10-18)8-11-20-15-17-14-19(23-3)12-13-21(17)24-20/h6-15H,4-5H2,1-3H3. The van der Waals surface area contributed by atoms with Crippen LogP contribution in [0.4, 0.5) is 5.69 Å². The molecule has 0 aliphatic heterocycles. The van der Waals surface area contributed by atoms with Gasteiger partial charge in [0.2, 0.25) is 0 Å². The molecule has 0 unspecified atom stereocenters. The zero-order valence-corrected chi connectivity index (χ0v) is 14.5. The molecular formula is C21H23NO2. The van der Waals surface area contributed by atoms with Crippen LogP contribution in [0.25, 0.3) is 23.1 Å². The predicted octanol–water partition coefficient (Wildman–Crippen LogP) is 5.46. The Morgan fingerprint density at radius 1 is 0.958 bits per heavy atom. The Bertz CT molecular complexity index is 827. The number of ether oxygens (including phenoxy) is 1. The second kappa shape index (κ2) is 7.26. The van der Waals surface area contributed by atoms with Gasteiger partial charge in [0.1, 0.15) is 17.1 Å². The Morgan fingerprint density at radius 2 is 1.71 bits per heavy atom. The Balaban J connectivity index is 1.77. The van der Waals surface area contributed by atoms with Gasteiger partial charge < -0.3 is 14.1 Å². The summed E-state index contributed by atoms with van der Waals surface area (Å²) in [7, 11) is 1.67. The molecule has 124 valence electrons. The fraction of sp³-hybridized carbons (Fsp3) is 0.238. The van der Waals surface area contributed by atoms with Crippen LogP contribution in [-0.2, 0) is 0 Å². The van der Waals surface area contributed by atoms with E-state index in [-0.39, 0.29) is 0 Å². The molecule has 24 heavy (non-hydrogen) atoms. The first-order chi connectivity index (χ1) is 11.7. The van der Waals surface area contributed by atoms with Crippen molar-refractivity contribution < 1.29 is 9.15 Å². The first-order valence-electron chi connectivity index (χ1n) is 8.34. The lowest BCUT2D eigenvalue weighted by atomic mass is 10.1. The third-order valence-electron chi connectivity index (χ3n) is 4.20. The van der Waals surface area contributed by atoms with Crippen molar-refractivity contribution >= 4 is 28.8 Å². The van der Waals surface area contributed by atoms with Crippen molar-refractivity contribution in [1.82, 2.24) is 0 Å². The molecule has 0 atom stereocenters. The molecule has 0 aliphatic carbocycles. The summed E-state index contributed by atoms with van der Waals surface area (Å²) in [6, 6.07) is 16.4. The van der Waals surface area contributed by atoms with Crippen LogP contribution in [0.2, 0.25) is 0 Å². The summed E-state index contributed by atoms with van der Waals surface area (Å²) in [6.07, 6.45) is 4.07. The molecule has 0 amide bonds. The van der Waals surface area contributed by atoms with E-state index in [1.807, 2.05) is 30.3 Å². The highest BCUT2D eigenvalue weighted by molar-refractivity contribution is 5.83. The highest BCUT2D eigenvalue weighted by Crippen LogP contribution is 2.25. The van der Waals surface area contributed by atoms with Gasteiger partial charge in [-0.1, -0.05) is 18.2 Å². The second-order valence-corrected chi connectivity index (χ2v) is 5.65. The molecule has 0 radical (unpaired) electrons. The highest BCUT2D eigenvalue weighted by atomic mass is 16.5. The summed E-state index contributed by atoms with van der Waals surface area (Å²) >= 11 is 0. The van der Waals surface area contributed by atoms with Crippen LogP contribution in [0.3, 0.4) is 0 Å². The topological polar surface area (TPSA) is 25.6 Å². The van der Waals surface area contributed by atoms with E-state index in [0.717, 1.165) is 41.1 Å². The van der Waals surface area contributed by atoms with E-state index in [9.17, 15) is 0 Å². The summed E-state index contributed by atoms with van der Waals surface area (Å²) < 4.78 is 11.1. The number of furan rings is 1. The average Bonchev–Trinajstić information content (AvgIpc) is 3.04. The van der Waals surface area contributed by atoms with E-state index in [2.05, 4.69) is 49.1 Å². The molecular weight excluding hydrogens is 298 g/mol. The van der Waals surface area contributed by atoms with Crippen molar-refractivity contribution in [3.8, 4) is 5.75 Å². The summed E-state index contributed by atoms with van der Waals surface area (Å²) in [4.78, 5) is 2.33. The third-order valence-corrected chi connectivity index (χ3v) is 4.20. The Hall–Kier alpha value is -2.68. The van der Waals surface area contributed by atoms with E-state index in [1.165, 1.54) is 5.69 Å². The van der Waals surface area contributed by atoms with E-state index in [4.69, 9.17) is 9.15 Å². The van der Waals surface area contributed by atoms with Crippen molar-refractivity contribution in [3.63, 3.8) is 0 Å². The predicted molar refractivity (Wildman–Crippen MR) is 102 cm³/mol. The average molecular weight is 321 g/mol. The SMILES string of the molecule is CCN(CC)c1ccc(C=Cc2cc3cc(OC)ccc3o2)cc1. The number of benzene rings is 2. The monoisotopic (exact) mass is 321 g/mol. The molecule has 0 saturated carbocycles. The lowest BCUT2D eigenvalue weighted by Crippen LogP contribution is -2.21. The molecule has 3 rings (SSSR count). The maximum Gasteiger partial charge on any atom is 0.135 e. The summed E-state index contributed by atoms with van der Waals surface area (Å²) in [5.74, 6) is 1.68. The maximum absolute atomic E-state index is 5.84. The van der Waals surface area contributed by atoms with Gasteiger partial charge in [-0.2, -0.15) is 0 Å². The number of hydrogen-bond donors (Lipinski definition) is 0. The van der Waals surface area contributed by atoms with E-state index in [0.29, 0.717) is 0 Å². The van der Waals surface area contributed by atoms with Gasteiger partial charge in [0.15, 0.2) is 0 Å². The first-order valence-corrected chi connectivity index (χ1v) is 8.34. The van der Waals surface area contributed by atoms with Crippen LogP contribution in [0, 0.1) is 0 Å². The summed E-state index contributed by atoms with van der Waals surface area (Å²) in [5, 5.41) is 1.05. The zero-order chi connectivity index (χ0) is 16.9. The molecule has 3 nitrogen and oxygen atoms in total. The minimum absolute atomic E-state index is 0.839. The van der Waals surface area contributed by atoms with Crippen molar-refractivity contribution in [2.45, 2.75) is 13.8 Å². The van der Waals surface area contributed by atoms with Crippen molar-refractivity contribution in [1.29, 1.82) is 0 Å². The molecule has 0 saturated heterocycles. The molecule has 3 heteroatoms. The number of anilines is 1. The van der Waals surface area contributed by atoms with Crippen molar-refractivity contribution in [2.24, 2.45) is 0 Å². The first kappa shape index (κ1) is 16.2. The summed E-state index contributed by atoms with van der Waals surface area (Å²) in [6.45, 7) is 6.39. The van der Waals surface area contributed by atoms with Gasteiger partial charge >= 0.3 is 0 Å². The number of fused-ring (bicyclic) bond motifs is 1. The van der Waals surface area contributed by atoms with E-state index < -0.39 is 0 Å². The normalized spacial score (nSPS) is 11.3. The quantitative estimate of drug-likeness (QED) is 0.603. The molecule has 0 aliphatic rings. The number of methoxy groups -OCH3 is 1. The molecule has 0 bridgehead atoms. The zero-order valence-electron chi connectivity index (χ0n) is 14.5. The van der Waals surface area contributed by atoms with E-state index in [1.54, 1.807) is 7.11 Å². The highest BCUT2D eigenvalue weighted by Gasteiger charge is 2.03. The Morgan fingerprint density at radius 3 is 2.38 bits per heavy atom. The van der Waals surface area contributed by atoms with Crippen molar-refractivity contribution in [2.75, 3.05) is 25.1 Å². The van der Waals surface area contributed by atoms with Gasteiger partial charge in [0, 0.05) is 24.2 Å². The fourth-order valence-corrected chi connectivity index (χ4v) is 2.81. The number of nitrogens with zero attached hydrogens (tertiary/aromatic N) is 1. The van der Waals surface area contributed by atoms with Crippen LogP contribution in [0.1, 0.15) is 25.2 Å². The van der Waals surface area contributed by atoms with Gasteiger partial charge in [-0.15, -0.1) is 0 Å². The smallest absolute Gasteiger partial charge is 0.135 e. The molecule has 2 aromatic carbocycles. The second-order valence-electron chi connectivity index (χ2n) is 5.65. The molecule has 0 fully saturated rings. The van der Waals surface area contributed by atoms with E-state index >= 15 is 0 Å². The minimum Gasteiger partial charge on any atom is -0.497 e. The maximum atomic E-state index is 5.84. The number of rotatable bonds is 6.